The third-order valence-corrected chi connectivity index (χ3v) is 5.66. The highest BCUT2D eigenvalue weighted by Gasteiger charge is 2.29. The molecule has 0 amide bonds. The molecule has 1 aromatic carbocycles. The summed E-state index contributed by atoms with van der Waals surface area (Å²) in [5.74, 6) is -0.935. The average molecular weight is 388 g/mol. The summed E-state index contributed by atoms with van der Waals surface area (Å²) in [4.78, 5) is -0.196. The lowest BCUT2D eigenvalue weighted by atomic mass is 10.3. The molecule has 1 fully saturated rings. The molecule has 1 aliphatic heterocycles. The molecule has 0 aliphatic carbocycles. The zero-order chi connectivity index (χ0) is 16.5. The van der Waals surface area contributed by atoms with Crippen LogP contribution in [0.5, 0.6) is 0 Å². The Hall–Kier alpha value is -0.940. The van der Waals surface area contributed by atoms with E-state index in [1.54, 1.807) is 0 Å². The molecule has 1 saturated heterocycles. The molecule has 2 N–H and O–H groups in total. The maximum absolute atomic E-state index is 13.9. The summed E-state index contributed by atoms with van der Waals surface area (Å²) in [6.45, 7) is 2.99. The molecular weight excluding hydrogens is 369 g/mol. The minimum absolute atomic E-state index is 0. The number of rotatable bonds is 4. The number of piperazine rings is 1. The van der Waals surface area contributed by atoms with Crippen molar-refractivity contribution in [3.8, 4) is 0 Å². The van der Waals surface area contributed by atoms with Gasteiger partial charge in [-0.15, -0.1) is 12.4 Å². The molecule has 1 heterocycles. The number of nitrogens with one attached hydrogen (secondary N) is 2. The van der Waals surface area contributed by atoms with Gasteiger partial charge in [-0.05, 0) is 25.1 Å². The number of nitrogens with zero attached hydrogens (tertiary/aromatic N) is 1. The second-order valence-electron chi connectivity index (χ2n) is 5.23. The minimum atomic E-state index is -3.80. The van der Waals surface area contributed by atoms with Crippen LogP contribution in [0.4, 0.5) is 10.1 Å². The van der Waals surface area contributed by atoms with E-state index in [1.165, 1.54) is 10.4 Å². The van der Waals surface area contributed by atoms with Crippen molar-refractivity contribution >= 4 is 38.1 Å². The van der Waals surface area contributed by atoms with Gasteiger partial charge in [-0.3, -0.25) is 4.72 Å². The molecule has 0 radical (unpaired) electrons. The van der Waals surface area contributed by atoms with E-state index in [-0.39, 0.29) is 29.0 Å². The first kappa shape index (κ1) is 20.1. The van der Waals surface area contributed by atoms with E-state index < -0.39 is 25.9 Å². The highest BCUT2D eigenvalue weighted by molar-refractivity contribution is 7.92. The van der Waals surface area contributed by atoms with Crippen LogP contribution in [0, 0.1) is 5.82 Å². The largest absolute Gasteiger partial charge is 0.312 e. The van der Waals surface area contributed by atoms with Crippen LogP contribution in [0.1, 0.15) is 6.92 Å². The second kappa shape index (κ2) is 7.31. The Bertz CT molecular complexity index is 771. The molecule has 11 heteroatoms. The van der Waals surface area contributed by atoms with E-state index in [2.05, 4.69) is 5.32 Å². The molecule has 0 saturated carbocycles. The van der Waals surface area contributed by atoms with E-state index in [4.69, 9.17) is 0 Å². The second-order valence-corrected chi connectivity index (χ2v) is 8.92. The molecule has 0 aromatic heterocycles. The van der Waals surface area contributed by atoms with Crippen molar-refractivity contribution in [3.63, 3.8) is 0 Å². The standard InChI is InChI=1S/C12H18FN3O4S2.ClH/c1-9-8-16(6-5-14-9)22(19,20)10-3-4-12(11(13)7-10)15-21(2,17)18;/h3-4,7,9,14-15H,5-6,8H2,1-2H3;1H. The van der Waals surface area contributed by atoms with Crippen LogP contribution in [-0.4, -0.2) is 53.1 Å². The smallest absolute Gasteiger partial charge is 0.243 e. The first-order chi connectivity index (χ1) is 10.1. The Morgan fingerprint density at radius 1 is 1.30 bits per heavy atom. The Labute approximate surface area is 141 Å². The van der Waals surface area contributed by atoms with Crippen molar-refractivity contribution in [2.24, 2.45) is 0 Å². The van der Waals surface area contributed by atoms with Crippen LogP contribution in [0.2, 0.25) is 0 Å². The summed E-state index contributed by atoms with van der Waals surface area (Å²) in [5, 5.41) is 3.12. The van der Waals surface area contributed by atoms with E-state index >= 15 is 0 Å². The summed E-state index contributed by atoms with van der Waals surface area (Å²) in [6, 6.07) is 3.14. The molecule has 23 heavy (non-hydrogen) atoms. The molecule has 1 aromatic rings. The van der Waals surface area contributed by atoms with Crippen LogP contribution in [-0.2, 0) is 20.0 Å². The fraction of sp³-hybridized carbons (Fsp3) is 0.500. The van der Waals surface area contributed by atoms with Crippen molar-refractivity contribution in [2.45, 2.75) is 17.9 Å². The predicted octanol–water partition coefficient (Wildman–Crippen LogP) is 0.601. The topological polar surface area (TPSA) is 95.6 Å². The average Bonchev–Trinajstić information content (AvgIpc) is 2.39. The predicted molar refractivity (Wildman–Crippen MR) is 88.3 cm³/mol. The van der Waals surface area contributed by atoms with Crippen LogP contribution in [0.15, 0.2) is 23.1 Å². The Balaban J connectivity index is 0.00000264. The van der Waals surface area contributed by atoms with E-state index in [0.717, 1.165) is 18.4 Å². The Kier molecular flexibility index (Phi) is 6.39. The van der Waals surface area contributed by atoms with Gasteiger partial charge in [0.2, 0.25) is 20.0 Å². The van der Waals surface area contributed by atoms with Crippen LogP contribution in [0.25, 0.3) is 0 Å². The normalized spacial score (nSPS) is 19.9. The van der Waals surface area contributed by atoms with E-state index in [9.17, 15) is 21.2 Å². The van der Waals surface area contributed by atoms with Crippen molar-refractivity contribution in [2.75, 3.05) is 30.6 Å². The van der Waals surface area contributed by atoms with Gasteiger partial charge in [-0.25, -0.2) is 21.2 Å². The monoisotopic (exact) mass is 387 g/mol. The lowest BCUT2D eigenvalue weighted by molar-refractivity contribution is 0.310. The molecule has 2 rings (SSSR count). The number of hydrogen-bond donors (Lipinski definition) is 2. The maximum Gasteiger partial charge on any atom is 0.243 e. The SMILES string of the molecule is CC1CN(S(=O)(=O)c2ccc(NS(C)(=O)=O)c(F)c2)CCN1.Cl. The van der Waals surface area contributed by atoms with Crippen molar-refractivity contribution in [3.05, 3.63) is 24.0 Å². The Morgan fingerprint density at radius 2 is 1.96 bits per heavy atom. The van der Waals surface area contributed by atoms with Gasteiger partial charge in [0.15, 0.2) is 0 Å². The molecular formula is C12H19ClFN3O4S2. The molecule has 7 nitrogen and oxygen atoms in total. The van der Waals surface area contributed by atoms with E-state index in [1.807, 2.05) is 11.6 Å². The lowest BCUT2D eigenvalue weighted by Crippen LogP contribution is -2.51. The molecule has 1 unspecified atom stereocenters. The van der Waals surface area contributed by atoms with Gasteiger partial charge in [0, 0.05) is 25.7 Å². The maximum atomic E-state index is 13.9. The molecule has 1 aliphatic rings. The summed E-state index contributed by atoms with van der Waals surface area (Å²) < 4.78 is 64.4. The van der Waals surface area contributed by atoms with Crippen LogP contribution < -0.4 is 10.0 Å². The first-order valence-corrected chi connectivity index (χ1v) is 9.93. The van der Waals surface area contributed by atoms with Gasteiger partial charge >= 0.3 is 0 Å². The molecule has 1 atom stereocenters. The van der Waals surface area contributed by atoms with Crippen LogP contribution in [0.3, 0.4) is 0 Å². The molecule has 132 valence electrons. The van der Waals surface area contributed by atoms with Gasteiger partial charge < -0.3 is 5.32 Å². The number of hydrogen-bond acceptors (Lipinski definition) is 5. The minimum Gasteiger partial charge on any atom is -0.312 e. The number of sulfonamides is 2. The quantitative estimate of drug-likeness (QED) is 0.788. The Morgan fingerprint density at radius 3 is 2.48 bits per heavy atom. The summed E-state index contributed by atoms with van der Waals surface area (Å²) in [7, 11) is -7.44. The van der Waals surface area contributed by atoms with Gasteiger partial charge in [-0.2, -0.15) is 4.31 Å². The summed E-state index contributed by atoms with van der Waals surface area (Å²) in [6.07, 6.45) is 0.888. The number of halogens is 2. The lowest BCUT2D eigenvalue weighted by Gasteiger charge is -2.31. The fourth-order valence-electron chi connectivity index (χ4n) is 2.20. The van der Waals surface area contributed by atoms with Crippen molar-refractivity contribution < 1.29 is 21.2 Å². The summed E-state index contributed by atoms with van der Waals surface area (Å²) in [5.41, 5.74) is -0.282. The highest BCUT2D eigenvalue weighted by Crippen LogP contribution is 2.23. The zero-order valence-corrected chi connectivity index (χ0v) is 15.1. The van der Waals surface area contributed by atoms with Gasteiger partial charge in [0.25, 0.3) is 0 Å². The zero-order valence-electron chi connectivity index (χ0n) is 12.6. The molecule has 0 spiro atoms. The van der Waals surface area contributed by atoms with Crippen molar-refractivity contribution in [1.82, 2.24) is 9.62 Å². The van der Waals surface area contributed by atoms with Crippen LogP contribution >= 0.6 is 12.4 Å². The first-order valence-electron chi connectivity index (χ1n) is 6.60. The molecule has 0 bridgehead atoms. The fourth-order valence-corrected chi connectivity index (χ4v) is 4.31. The number of anilines is 1. The van der Waals surface area contributed by atoms with E-state index in [0.29, 0.717) is 19.6 Å². The van der Waals surface area contributed by atoms with Crippen molar-refractivity contribution in [1.29, 1.82) is 0 Å². The highest BCUT2D eigenvalue weighted by atomic mass is 35.5. The third kappa shape index (κ3) is 5.01. The summed E-state index contributed by atoms with van der Waals surface area (Å²) >= 11 is 0. The number of benzene rings is 1. The van der Waals surface area contributed by atoms with Gasteiger partial charge in [-0.1, -0.05) is 0 Å². The third-order valence-electron chi connectivity index (χ3n) is 3.21. The van der Waals surface area contributed by atoms with Gasteiger partial charge in [0.1, 0.15) is 5.82 Å². The van der Waals surface area contributed by atoms with Gasteiger partial charge in [0.05, 0.1) is 16.8 Å².